The van der Waals surface area contributed by atoms with Crippen LogP contribution in [0.25, 0.3) is 0 Å². The maximum absolute atomic E-state index is 12.7. The maximum atomic E-state index is 12.7. The van der Waals surface area contributed by atoms with E-state index in [4.69, 9.17) is 9.26 Å². The summed E-state index contributed by atoms with van der Waals surface area (Å²) >= 11 is 0. The SMILES string of the molecule is Cc1noc(C)c1CC(C)NC(=O)N1CCOC(C)(c2cnn(C)c2)C1. The summed E-state index contributed by atoms with van der Waals surface area (Å²) in [5.41, 5.74) is 2.36. The fourth-order valence-electron chi connectivity index (χ4n) is 3.36. The zero-order valence-corrected chi connectivity index (χ0v) is 16.1. The van der Waals surface area contributed by atoms with Crippen molar-refractivity contribution >= 4 is 6.03 Å². The highest BCUT2D eigenvalue weighted by Gasteiger charge is 2.37. The van der Waals surface area contributed by atoms with Crippen LogP contribution in [0.15, 0.2) is 16.9 Å². The molecule has 1 aliphatic heterocycles. The molecule has 1 aliphatic rings. The molecule has 0 spiro atoms. The third-order valence-corrected chi connectivity index (χ3v) is 4.94. The van der Waals surface area contributed by atoms with Gasteiger partial charge < -0.3 is 19.5 Å². The smallest absolute Gasteiger partial charge is 0.317 e. The molecule has 0 radical (unpaired) electrons. The van der Waals surface area contributed by atoms with Gasteiger partial charge in [0, 0.05) is 37.0 Å². The van der Waals surface area contributed by atoms with Crippen molar-refractivity contribution in [3.8, 4) is 0 Å². The number of hydrogen-bond donors (Lipinski definition) is 1. The van der Waals surface area contributed by atoms with Crippen LogP contribution in [0, 0.1) is 13.8 Å². The first-order valence-electron chi connectivity index (χ1n) is 8.89. The van der Waals surface area contributed by atoms with Crippen molar-refractivity contribution in [1.29, 1.82) is 0 Å². The van der Waals surface area contributed by atoms with Gasteiger partial charge in [0.2, 0.25) is 0 Å². The molecule has 1 fully saturated rings. The van der Waals surface area contributed by atoms with E-state index in [1.54, 1.807) is 15.8 Å². The van der Waals surface area contributed by atoms with Crippen molar-refractivity contribution in [2.75, 3.05) is 19.7 Å². The summed E-state index contributed by atoms with van der Waals surface area (Å²) in [4.78, 5) is 14.5. The molecule has 26 heavy (non-hydrogen) atoms. The lowest BCUT2D eigenvalue weighted by atomic mass is 9.97. The Morgan fingerprint density at radius 2 is 2.23 bits per heavy atom. The Morgan fingerprint density at radius 3 is 2.85 bits per heavy atom. The Hall–Kier alpha value is -2.35. The van der Waals surface area contributed by atoms with Gasteiger partial charge in [-0.05, 0) is 34.1 Å². The van der Waals surface area contributed by atoms with Gasteiger partial charge in [0.15, 0.2) is 0 Å². The van der Waals surface area contributed by atoms with Crippen molar-refractivity contribution in [2.45, 2.75) is 45.8 Å². The Morgan fingerprint density at radius 1 is 1.46 bits per heavy atom. The predicted octanol–water partition coefficient (Wildman–Crippen LogP) is 1.91. The van der Waals surface area contributed by atoms with E-state index in [2.05, 4.69) is 15.6 Å². The number of morpholine rings is 1. The number of hydrogen-bond acceptors (Lipinski definition) is 5. The molecule has 8 heteroatoms. The molecule has 0 aliphatic carbocycles. The fraction of sp³-hybridized carbons (Fsp3) is 0.611. The Bertz CT molecular complexity index is 764. The summed E-state index contributed by atoms with van der Waals surface area (Å²) in [7, 11) is 1.87. The fourth-order valence-corrected chi connectivity index (χ4v) is 3.36. The minimum atomic E-state index is -0.547. The van der Waals surface area contributed by atoms with E-state index in [-0.39, 0.29) is 12.1 Å². The Labute approximate surface area is 153 Å². The standard InChI is InChI=1S/C18H27N5O3/c1-12(8-16-13(2)21-26-14(16)3)20-17(24)23-6-7-25-18(4,11-23)15-9-19-22(5)10-15/h9-10,12H,6-8,11H2,1-5H3,(H,20,24). The van der Waals surface area contributed by atoms with E-state index in [0.717, 1.165) is 22.6 Å². The van der Waals surface area contributed by atoms with Crippen molar-refractivity contribution in [3.63, 3.8) is 0 Å². The molecule has 2 amide bonds. The third kappa shape index (κ3) is 3.75. The Balaban J connectivity index is 1.62. The number of ether oxygens (including phenoxy) is 1. The summed E-state index contributed by atoms with van der Waals surface area (Å²) in [6, 6.07) is -0.102. The van der Waals surface area contributed by atoms with Gasteiger partial charge in [0.1, 0.15) is 11.4 Å². The van der Waals surface area contributed by atoms with Gasteiger partial charge in [-0.3, -0.25) is 4.68 Å². The van der Waals surface area contributed by atoms with E-state index >= 15 is 0 Å². The van der Waals surface area contributed by atoms with Crippen LogP contribution >= 0.6 is 0 Å². The van der Waals surface area contributed by atoms with Crippen LogP contribution in [-0.2, 0) is 23.8 Å². The van der Waals surface area contributed by atoms with E-state index < -0.39 is 5.60 Å². The number of amides is 2. The normalized spacial score (nSPS) is 21.7. The first-order chi connectivity index (χ1) is 12.3. The van der Waals surface area contributed by atoms with Crippen molar-refractivity contribution in [1.82, 2.24) is 25.2 Å². The summed E-state index contributed by atoms with van der Waals surface area (Å²) in [5, 5.41) is 11.3. The molecule has 3 heterocycles. The van der Waals surface area contributed by atoms with Crippen LogP contribution in [0.1, 0.15) is 36.4 Å². The zero-order valence-electron chi connectivity index (χ0n) is 16.1. The quantitative estimate of drug-likeness (QED) is 0.899. The Kier molecular flexibility index (Phi) is 5.04. The van der Waals surface area contributed by atoms with Crippen LogP contribution in [0.4, 0.5) is 4.79 Å². The van der Waals surface area contributed by atoms with Gasteiger partial charge in [0.25, 0.3) is 0 Å². The number of aromatic nitrogens is 3. The molecule has 1 saturated heterocycles. The van der Waals surface area contributed by atoms with E-state index in [1.807, 2.05) is 40.9 Å². The summed E-state index contributed by atoms with van der Waals surface area (Å²) < 4.78 is 12.9. The molecule has 142 valence electrons. The van der Waals surface area contributed by atoms with Gasteiger partial charge in [-0.1, -0.05) is 5.16 Å². The average Bonchev–Trinajstić information content (AvgIpc) is 3.16. The number of nitrogens with zero attached hydrogens (tertiary/aromatic N) is 4. The number of nitrogens with one attached hydrogen (secondary N) is 1. The van der Waals surface area contributed by atoms with Crippen LogP contribution in [0.5, 0.6) is 0 Å². The highest BCUT2D eigenvalue weighted by molar-refractivity contribution is 5.74. The molecular weight excluding hydrogens is 334 g/mol. The lowest BCUT2D eigenvalue weighted by molar-refractivity contribution is -0.0908. The number of carbonyl (C=O) groups is 1. The molecule has 3 rings (SSSR count). The number of urea groups is 1. The highest BCUT2D eigenvalue weighted by atomic mass is 16.5. The highest BCUT2D eigenvalue weighted by Crippen LogP contribution is 2.29. The predicted molar refractivity (Wildman–Crippen MR) is 95.8 cm³/mol. The molecule has 2 aromatic rings. The minimum Gasteiger partial charge on any atom is -0.367 e. The van der Waals surface area contributed by atoms with Crippen molar-refractivity contribution < 1.29 is 14.1 Å². The molecule has 2 unspecified atom stereocenters. The molecule has 8 nitrogen and oxygen atoms in total. The molecule has 2 atom stereocenters. The van der Waals surface area contributed by atoms with Crippen LogP contribution in [0.3, 0.4) is 0 Å². The molecule has 0 saturated carbocycles. The lowest BCUT2D eigenvalue weighted by Gasteiger charge is -2.40. The first kappa shape index (κ1) is 18.4. The number of rotatable bonds is 4. The van der Waals surface area contributed by atoms with Gasteiger partial charge in [0.05, 0.1) is 25.0 Å². The molecule has 0 bridgehead atoms. The monoisotopic (exact) mass is 361 g/mol. The topological polar surface area (TPSA) is 85.4 Å². The van der Waals surface area contributed by atoms with E-state index in [0.29, 0.717) is 26.1 Å². The van der Waals surface area contributed by atoms with Crippen LogP contribution < -0.4 is 5.32 Å². The molecule has 2 aromatic heterocycles. The number of carbonyl (C=O) groups excluding carboxylic acids is 1. The van der Waals surface area contributed by atoms with Crippen LogP contribution in [-0.4, -0.2) is 51.6 Å². The van der Waals surface area contributed by atoms with Crippen molar-refractivity contribution in [2.24, 2.45) is 7.05 Å². The molecule has 0 aromatic carbocycles. The van der Waals surface area contributed by atoms with E-state index in [9.17, 15) is 4.79 Å². The van der Waals surface area contributed by atoms with Crippen LogP contribution in [0.2, 0.25) is 0 Å². The average molecular weight is 361 g/mol. The zero-order chi connectivity index (χ0) is 18.9. The third-order valence-electron chi connectivity index (χ3n) is 4.94. The lowest BCUT2D eigenvalue weighted by Crippen LogP contribution is -2.54. The summed E-state index contributed by atoms with van der Waals surface area (Å²) in [6.45, 7) is 9.35. The second-order valence-electron chi connectivity index (χ2n) is 7.26. The largest absolute Gasteiger partial charge is 0.367 e. The first-order valence-corrected chi connectivity index (χ1v) is 8.89. The van der Waals surface area contributed by atoms with Gasteiger partial charge in [-0.25, -0.2) is 4.79 Å². The minimum absolute atomic E-state index is 0.0215. The maximum Gasteiger partial charge on any atom is 0.317 e. The van der Waals surface area contributed by atoms with Gasteiger partial charge in [-0.2, -0.15) is 5.10 Å². The van der Waals surface area contributed by atoms with Gasteiger partial charge in [-0.15, -0.1) is 0 Å². The molecule has 1 N–H and O–H groups in total. The van der Waals surface area contributed by atoms with E-state index in [1.165, 1.54) is 0 Å². The summed E-state index contributed by atoms with van der Waals surface area (Å²) in [6.07, 6.45) is 4.42. The second kappa shape index (κ2) is 7.11. The van der Waals surface area contributed by atoms with Crippen molar-refractivity contribution in [3.05, 3.63) is 35.0 Å². The summed E-state index contributed by atoms with van der Waals surface area (Å²) in [5.74, 6) is 0.805. The van der Waals surface area contributed by atoms with Gasteiger partial charge >= 0.3 is 6.03 Å². The molecular formula is C18H27N5O3. The second-order valence-corrected chi connectivity index (χ2v) is 7.26. The number of aryl methyl sites for hydroxylation is 3.